The topological polar surface area (TPSA) is 26.0 Å². The summed E-state index contributed by atoms with van der Waals surface area (Å²) in [6.07, 6.45) is 0.841. The summed E-state index contributed by atoms with van der Waals surface area (Å²) in [5, 5.41) is 0.800. The van der Waals surface area contributed by atoms with E-state index in [1.54, 1.807) is 11.8 Å². The molecular weight excluding hydrogens is 286 g/mol. The zero-order chi connectivity index (χ0) is 14.7. The molecule has 0 heterocycles. The number of hydrogen-bond donors (Lipinski definition) is 1. The largest absolute Gasteiger partial charge is 0.328 e. The fourth-order valence-corrected chi connectivity index (χ4v) is 3.55. The number of halogens is 1. The summed E-state index contributed by atoms with van der Waals surface area (Å²) >= 11 is 8.13. The van der Waals surface area contributed by atoms with Crippen molar-refractivity contribution in [3.05, 3.63) is 58.1 Å². The zero-order valence-corrected chi connectivity index (χ0v) is 13.7. The number of hydrogen-bond acceptors (Lipinski definition) is 2. The lowest BCUT2D eigenvalue weighted by atomic mass is 10.1. The van der Waals surface area contributed by atoms with Gasteiger partial charge in [-0.3, -0.25) is 0 Å². The molecule has 1 atom stereocenters. The number of nitrogens with two attached hydrogens (primary N) is 1. The number of rotatable bonds is 4. The molecule has 2 aromatic carbocycles. The van der Waals surface area contributed by atoms with Crippen molar-refractivity contribution in [3.63, 3.8) is 0 Å². The van der Waals surface area contributed by atoms with E-state index in [2.05, 4.69) is 38.1 Å². The minimum absolute atomic E-state index is 0.131. The van der Waals surface area contributed by atoms with Crippen molar-refractivity contribution in [3.8, 4) is 0 Å². The summed E-state index contributed by atoms with van der Waals surface area (Å²) in [7, 11) is 0. The molecule has 0 amide bonds. The van der Waals surface area contributed by atoms with Gasteiger partial charge in [-0.2, -0.15) is 0 Å². The monoisotopic (exact) mass is 305 g/mol. The first-order valence-corrected chi connectivity index (χ1v) is 7.95. The molecule has 0 radical (unpaired) electrons. The molecule has 0 aliphatic heterocycles. The van der Waals surface area contributed by atoms with E-state index in [9.17, 15) is 0 Å². The zero-order valence-electron chi connectivity index (χ0n) is 12.1. The van der Waals surface area contributed by atoms with Gasteiger partial charge in [0.05, 0.1) is 5.02 Å². The molecule has 0 spiro atoms. The standard InChI is InChI=1S/C17H20ClNS/c1-11-7-8-12(2)16(9-11)20-17-14(10-13(3)19)5-4-6-15(17)18/h4-9,13H,10,19H2,1-3H3. The molecule has 0 aromatic heterocycles. The molecule has 0 aliphatic carbocycles. The molecule has 20 heavy (non-hydrogen) atoms. The lowest BCUT2D eigenvalue weighted by Crippen LogP contribution is -2.18. The molecule has 0 fully saturated rings. The van der Waals surface area contributed by atoms with Crippen LogP contribution in [-0.2, 0) is 6.42 Å². The second-order valence-electron chi connectivity index (χ2n) is 5.28. The van der Waals surface area contributed by atoms with E-state index < -0.39 is 0 Å². The van der Waals surface area contributed by atoms with E-state index in [4.69, 9.17) is 17.3 Å². The quantitative estimate of drug-likeness (QED) is 0.860. The van der Waals surface area contributed by atoms with Crippen molar-refractivity contribution in [1.29, 1.82) is 0 Å². The van der Waals surface area contributed by atoms with Crippen LogP contribution in [0.1, 0.15) is 23.6 Å². The molecule has 0 aliphatic rings. The molecule has 106 valence electrons. The lowest BCUT2D eigenvalue weighted by molar-refractivity contribution is 0.729. The third-order valence-electron chi connectivity index (χ3n) is 3.15. The highest BCUT2D eigenvalue weighted by Gasteiger charge is 2.11. The Bertz CT molecular complexity index is 608. The molecule has 2 rings (SSSR count). The first kappa shape index (κ1) is 15.4. The molecule has 0 bridgehead atoms. The van der Waals surface area contributed by atoms with E-state index in [0.717, 1.165) is 16.3 Å². The molecule has 2 aromatic rings. The molecule has 3 heteroatoms. The third-order valence-corrected chi connectivity index (χ3v) is 4.92. The molecule has 2 N–H and O–H groups in total. The highest BCUT2D eigenvalue weighted by Crippen LogP contribution is 2.38. The van der Waals surface area contributed by atoms with Gasteiger partial charge < -0.3 is 5.73 Å². The maximum Gasteiger partial charge on any atom is 0.0548 e. The molecule has 1 nitrogen and oxygen atoms in total. The van der Waals surface area contributed by atoms with E-state index in [-0.39, 0.29) is 6.04 Å². The minimum atomic E-state index is 0.131. The summed E-state index contributed by atoms with van der Waals surface area (Å²) in [6, 6.07) is 12.7. The average molecular weight is 306 g/mol. The van der Waals surface area contributed by atoms with Crippen LogP contribution in [0, 0.1) is 13.8 Å². The van der Waals surface area contributed by atoms with Gasteiger partial charge in [0.25, 0.3) is 0 Å². The fraction of sp³-hybridized carbons (Fsp3) is 0.294. The van der Waals surface area contributed by atoms with Crippen molar-refractivity contribution < 1.29 is 0 Å². The van der Waals surface area contributed by atoms with Gasteiger partial charge in [-0.05, 0) is 56.0 Å². The molecule has 0 saturated carbocycles. The highest BCUT2D eigenvalue weighted by atomic mass is 35.5. The van der Waals surface area contributed by atoms with Crippen LogP contribution in [0.15, 0.2) is 46.2 Å². The normalized spacial score (nSPS) is 12.4. The van der Waals surface area contributed by atoms with Crippen LogP contribution in [0.3, 0.4) is 0 Å². The van der Waals surface area contributed by atoms with E-state index >= 15 is 0 Å². The summed E-state index contributed by atoms with van der Waals surface area (Å²) in [6.45, 7) is 6.26. The van der Waals surface area contributed by atoms with Crippen molar-refractivity contribution in [1.82, 2.24) is 0 Å². The van der Waals surface area contributed by atoms with Gasteiger partial charge in [0.15, 0.2) is 0 Å². The van der Waals surface area contributed by atoms with Crippen molar-refractivity contribution in [2.75, 3.05) is 0 Å². The second-order valence-corrected chi connectivity index (χ2v) is 6.74. The van der Waals surface area contributed by atoms with Crippen LogP contribution < -0.4 is 5.73 Å². The SMILES string of the molecule is Cc1ccc(C)c(Sc2c(Cl)cccc2CC(C)N)c1. The highest BCUT2D eigenvalue weighted by molar-refractivity contribution is 7.99. The maximum atomic E-state index is 6.39. The van der Waals surface area contributed by atoms with Crippen LogP contribution in [-0.4, -0.2) is 6.04 Å². The van der Waals surface area contributed by atoms with E-state index in [0.29, 0.717) is 0 Å². The van der Waals surface area contributed by atoms with Crippen molar-refractivity contribution in [2.24, 2.45) is 5.73 Å². The van der Waals surface area contributed by atoms with Gasteiger partial charge >= 0.3 is 0 Å². The Morgan fingerprint density at radius 2 is 1.95 bits per heavy atom. The van der Waals surface area contributed by atoms with Gasteiger partial charge in [0.2, 0.25) is 0 Å². The fourth-order valence-electron chi connectivity index (χ4n) is 2.10. The summed E-state index contributed by atoms with van der Waals surface area (Å²) in [5.74, 6) is 0. The smallest absolute Gasteiger partial charge is 0.0548 e. The minimum Gasteiger partial charge on any atom is -0.328 e. The predicted molar refractivity (Wildman–Crippen MR) is 88.8 cm³/mol. The first-order chi connectivity index (χ1) is 9.47. The Balaban J connectivity index is 2.39. The van der Waals surface area contributed by atoms with Gasteiger partial charge in [-0.25, -0.2) is 0 Å². The second kappa shape index (κ2) is 6.66. The van der Waals surface area contributed by atoms with Crippen LogP contribution in [0.25, 0.3) is 0 Å². The van der Waals surface area contributed by atoms with E-state index in [1.165, 1.54) is 21.6 Å². The van der Waals surface area contributed by atoms with Crippen LogP contribution >= 0.6 is 23.4 Å². The van der Waals surface area contributed by atoms with Crippen LogP contribution in [0.5, 0.6) is 0 Å². The average Bonchev–Trinajstić information content (AvgIpc) is 2.37. The van der Waals surface area contributed by atoms with Crippen molar-refractivity contribution in [2.45, 2.75) is 43.0 Å². The lowest BCUT2D eigenvalue weighted by Gasteiger charge is -2.14. The predicted octanol–water partition coefficient (Wildman–Crippen LogP) is 5.00. The Hall–Kier alpha value is -0.960. The summed E-state index contributed by atoms with van der Waals surface area (Å²) < 4.78 is 0. The van der Waals surface area contributed by atoms with E-state index in [1.807, 2.05) is 19.1 Å². The molecule has 0 saturated heterocycles. The Morgan fingerprint density at radius 3 is 2.65 bits per heavy atom. The van der Waals surface area contributed by atoms with Gasteiger partial charge in [-0.15, -0.1) is 0 Å². The molecular formula is C17H20ClNS. The van der Waals surface area contributed by atoms with Gasteiger partial charge in [0, 0.05) is 15.8 Å². The number of benzene rings is 2. The Kier molecular flexibility index (Phi) is 5.14. The van der Waals surface area contributed by atoms with Crippen LogP contribution in [0.2, 0.25) is 5.02 Å². The summed E-state index contributed by atoms with van der Waals surface area (Å²) in [5.41, 5.74) is 9.69. The molecule has 1 unspecified atom stereocenters. The third kappa shape index (κ3) is 3.78. The Labute approximate surface area is 130 Å². The van der Waals surface area contributed by atoms with Crippen LogP contribution in [0.4, 0.5) is 0 Å². The van der Waals surface area contributed by atoms with Gasteiger partial charge in [-0.1, -0.05) is 47.6 Å². The Morgan fingerprint density at radius 1 is 1.20 bits per heavy atom. The first-order valence-electron chi connectivity index (χ1n) is 6.75. The number of aryl methyl sites for hydroxylation is 2. The maximum absolute atomic E-state index is 6.39. The summed E-state index contributed by atoms with van der Waals surface area (Å²) in [4.78, 5) is 2.38. The van der Waals surface area contributed by atoms with Gasteiger partial charge in [0.1, 0.15) is 0 Å². The van der Waals surface area contributed by atoms with Crippen molar-refractivity contribution >= 4 is 23.4 Å².